The maximum atomic E-state index is 12.8. The monoisotopic (exact) mass is 293 g/mol. The van der Waals surface area contributed by atoms with Crippen LogP contribution < -0.4 is 4.74 Å². The Kier molecular flexibility index (Phi) is 5.95. The van der Waals surface area contributed by atoms with Gasteiger partial charge in [-0.3, -0.25) is 4.79 Å². The summed E-state index contributed by atoms with van der Waals surface area (Å²) in [6.07, 6.45) is -2.99. The molecule has 0 N–H and O–H groups in total. The van der Waals surface area contributed by atoms with Crippen molar-refractivity contribution in [2.24, 2.45) is 0 Å². The third kappa shape index (κ3) is 4.02. The molecule has 0 bridgehead atoms. The van der Waals surface area contributed by atoms with Gasteiger partial charge in [-0.2, -0.15) is 0 Å². The van der Waals surface area contributed by atoms with E-state index in [2.05, 4.69) is 4.98 Å². The van der Waals surface area contributed by atoms with Crippen LogP contribution >= 0.6 is 11.6 Å². The van der Waals surface area contributed by atoms with Crippen molar-refractivity contribution in [1.29, 1.82) is 0 Å². The maximum Gasteiger partial charge on any atom is 0.312 e. The van der Waals surface area contributed by atoms with Crippen LogP contribution in [0.25, 0.3) is 0 Å². The molecule has 0 saturated heterocycles. The van der Waals surface area contributed by atoms with Crippen LogP contribution in [0.15, 0.2) is 6.07 Å². The summed E-state index contributed by atoms with van der Waals surface area (Å²) in [7, 11) is 1.37. The lowest BCUT2D eigenvalue weighted by molar-refractivity contribution is -0.142. The maximum absolute atomic E-state index is 12.8. The molecule has 19 heavy (non-hydrogen) atoms. The van der Waals surface area contributed by atoms with Crippen LogP contribution in [0.5, 0.6) is 5.75 Å². The molecule has 0 unspecified atom stereocenters. The quantitative estimate of drug-likeness (QED) is 0.598. The zero-order valence-corrected chi connectivity index (χ0v) is 11.3. The molecule has 0 aliphatic carbocycles. The molecule has 4 nitrogen and oxygen atoms in total. The third-order valence-corrected chi connectivity index (χ3v) is 2.65. The van der Waals surface area contributed by atoms with Crippen LogP contribution in [0.2, 0.25) is 0 Å². The number of hydrogen-bond acceptors (Lipinski definition) is 4. The Balaban J connectivity index is 3.14. The van der Waals surface area contributed by atoms with Gasteiger partial charge in [0.2, 0.25) is 0 Å². The van der Waals surface area contributed by atoms with Gasteiger partial charge in [-0.25, -0.2) is 13.8 Å². The summed E-state index contributed by atoms with van der Waals surface area (Å²) in [4.78, 5) is 15.2. The van der Waals surface area contributed by atoms with Crippen molar-refractivity contribution in [2.75, 3.05) is 13.7 Å². The van der Waals surface area contributed by atoms with Gasteiger partial charge in [0.25, 0.3) is 6.43 Å². The predicted molar refractivity (Wildman–Crippen MR) is 65.6 cm³/mol. The highest BCUT2D eigenvalue weighted by molar-refractivity contribution is 6.17. The van der Waals surface area contributed by atoms with Crippen molar-refractivity contribution in [1.82, 2.24) is 4.98 Å². The molecular formula is C12H14ClF2NO3. The number of halogens is 3. The Hall–Kier alpha value is -1.43. The molecule has 0 radical (unpaired) electrons. The van der Waals surface area contributed by atoms with E-state index < -0.39 is 18.1 Å². The highest BCUT2D eigenvalue weighted by Crippen LogP contribution is 2.28. The number of alkyl halides is 3. The molecule has 0 spiro atoms. The summed E-state index contributed by atoms with van der Waals surface area (Å²) >= 11 is 5.59. The van der Waals surface area contributed by atoms with Crippen molar-refractivity contribution >= 4 is 17.6 Å². The molecule has 7 heteroatoms. The lowest BCUT2D eigenvalue weighted by Crippen LogP contribution is -2.12. The van der Waals surface area contributed by atoms with E-state index >= 15 is 0 Å². The summed E-state index contributed by atoms with van der Waals surface area (Å²) in [6.45, 7) is 1.87. The van der Waals surface area contributed by atoms with E-state index in [9.17, 15) is 13.6 Å². The molecule has 106 valence electrons. The molecule has 0 aliphatic heterocycles. The summed E-state index contributed by atoms with van der Waals surface area (Å²) < 4.78 is 35.5. The molecule has 1 aromatic rings. The SMILES string of the molecule is CCOC(=O)Cc1nc(C(F)F)c(CCl)cc1OC. The Morgan fingerprint density at radius 1 is 1.53 bits per heavy atom. The summed E-state index contributed by atoms with van der Waals surface area (Å²) in [5.41, 5.74) is -0.138. The molecular weight excluding hydrogens is 280 g/mol. The zero-order valence-electron chi connectivity index (χ0n) is 10.6. The van der Waals surface area contributed by atoms with E-state index in [1.165, 1.54) is 13.2 Å². The minimum absolute atomic E-state index is 0.108. The number of pyridine rings is 1. The Labute approximate surface area is 114 Å². The van der Waals surface area contributed by atoms with Crippen LogP contribution in [-0.4, -0.2) is 24.7 Å². The normalized spacial score (nSPS) is 10.6. The van der Waals surface area contributed by atoms with Gasteiger partial charge in [0.05, 0.1) is 25.8 Å². The number of carbonyl (C=O) groups is 1. The minimum Gasteiger partial charge on any atom is -0.495 e. The first-order valence-corrected chi connectivity index (χ1v) is 6.13. The second-order valence-electron chi connectivity index (χ2n) is 3.60. The highest BCUT2D eigenvalue weighted by Gasteiger charge is 2.20. The molecule has 0 atom stereocenters. The topological polar surface area (TPSA) is 48.4 Å². The Bertz CT molecular complexity index is 455. The largest absolute Gasteiger partial charge is 0.495 e. The molecule has 1 heterocycles. The molecule has 0 aromatic carbocycles. The van der Waals surface area contributed by atoms with Crippen molar-refractivity contribution in [2.45, 2.75) is 25.7 Å². The third-order valence-electron chi connectivity index (χ3n) is 2.36. The fraction of sp³-hybridized carbons (Fsp3) is 0.500. The lowest BCUT2D eigenvalue weighted by Gasteiger charge is -2.12. The number of nitrogens with zero attached hydrogens (tertiary/aromatic N) is 1. The summed E-state index contributed by atoms with van der Waals surface area (Å²) in [6, 6.07) is 1.37. The van der Waals surface area contributed by atoms with E-state index in [1.807, 2.05) is 0 Å². The Morgan fingerprint density at radius 3 is 2.68 bits per heavy atom. The highest BCUT2D eigenvalue weighted by atomic mass is 35.5. The van der Waals surface area contributed by atoms with Gasteiger partial charge >= 0.3 is 5.97 Å². The van der Waals surface area contributed by atoms with E-state index in [-0.39, 0.29) is 35.9 Å². The van der Waals surface area contributed by atoms with E-state index in [0.717, 1.165) is 0 Å². The molecule has 0 amide bonds. The average Bonchev–Trinajstić information content (AvgIpc) is 2.38. The van der Waals surface area contributed by atoms with Gasteiger partial charge in [0, 0.05) is 5.88 Å². The van der Waals surface area contributed by atoms with Crippen LogP contribution in [0.4, 0.5) is 8.78 Å². The molecule has 1 rings (SSSR count). The number of ether oxygens (including phenoxy) is 2. The van der Waals surface area contributed by atoms with Gasteiger partial charge in [-0.05, 0) is 18.6 Å². The fourth-order valence-corrected chi connectivity index (χ4v) is 1.75. The van der Waals surface area contributed by atoms with Crippen molar-refractivity contribution < 1.29 is 23.0 Å². The molecule has 0 saturated carbocycles. The standard InChI is InChI=1S/C12H14ClF2NO3/c1-3-19-10(17)5-8-9(18-2)4-7(6-13)11(16-8)12(14)15/h4,12H,3,5-6H2,1-2H3. The number of esters is 1. The number of aromatic nitrogens is 1. The van der Waals surface area contributed by atoms with E-state index in [4.69, 9.17) is 21.1 Å². The first kappa shape index (κ1) is 15.6. The lowest BCUT2D eigenvalue weighted by atomic mass is 10.1. The molecule has 0 fully saturated rings. The van der Waals surface area contributed by atoms with Crippen molar-refractivity contribution in [3.05, 3.63) is 23.0 Å². The fourth-order valence-electron chi connectivity index (χ4n) is 1.54. The van der Waals surface area contributed by atoms with Gasteiger partial charge < -0.3 is 9.47 Å². The van der Waals surface area contributed by atoms with Gasteiger partial charge in [-0.1, -0.05) is 0 Å². The minimum atomic E-state index is -2.76. The second-order valence-corrected chi connectivity index (χ2v) is 3.87. The molecule has 1 aromatic heterocycles. The smallest absolute Gasteiger partial charge is 0.312 e. The second kappa shape index (κ2) is 7.23. The number of carbonyl (C=O) groups excluding carboxylic acids is 1. The number of hydrogen-bond donors (Lipinski definition) is 0. The van der Waals surface area contributed by atoms with Crippen LogP contribution in [0, 0.1) is 0 Å². The van der Waals surface area contributed by atoms with E-state index in [0.29, 0.717) is 0 Å². The number of rotatable bonds is 6. The average molecular weight is 294 g/mol. The molecule has 0 aliphatic rings. The van der Waals surface area contributed by atoms with Crippen molar-refractivity contribution in [3.63, 3.8) is 0 Å². The van der Waals surface area contributed by atoms with Crippen LogP contribution in [-0.2, 0) is 21.8 Å². The zero-order chi connectivity index (χ0) is 14.4. The summed E-state index contributed by atoms with van der Waals surface area (Å²) in [5.74, 6) is -0.414. The first-order valence-electron chi connectivity index (χ1n) is 5.59. The Morgan fingerprint density at radius 2 is 2.21 bits per heavy atom. The van der Waals surface area contributed by atoms with Gasteiger partial charge in [0.1, 0.15) is 11.4 Å². The van der Waals surface area contributed by atoms with Crippen molar-refractivity contribution in [3.8, 4) is 5.75 Å². The van der Waals surface area contributed by atoms with E-state index in [1.54, 1.807) is 6.92 Å². The van der Waals surface area contributed by atoms with Gasteiger partial charge in [-0.15, -0.1) is 11.6 Å². The van der Waals surface area contributed by atoms with Crippen LogP contribution in [0.3, 0.4) is 0 Å². The number of methoxy groups -OCH3 is 1. The van der Waals surface area contributed by atoms with Gasteiger partial charge in [0.15, 0.2) is 0 Å². The summed E-state index contributed by atoms with van der Waals surface area (Å²) in [5, 5.41) is 0. The van der Waals surface area contributed by atoms with Crippen LogP contribution in [0.1, 0.15) is 30.3 Å². The predicted octanol–water partition coefficient (Wildman–Crippen LogP) is 2.87. The first-order chi connectivity index (χ1) is 9.03.